The fraction of sp³-hybridized carbons (Fsp3) is 0.500. The Morgan fingerprint density at radius 3 is 2.61 bits per heavy atom. The Labute approximate surface area is 136 Å². The van der Waals surface area contributed by atoms with E-state index in [-0.39, 0.29) is 19.6 Å². The molecular formula is C14H16F3N5S. The summed E-state index contributed by atoms with van der Waals surface area (Å²) in [7, 11) is 0. The summed E-state index contributed by atoms with van der Waals surface area (Å²) in [5, 5.41) is 7.97. The Balaban J connectivity index is 1.74. The van der Waals surface area contributed by atoms with E-state index in [2.05, 4.69) is 10.4 Å². The minimum absolute atomic E-state index is 0.0243. The van der Waals surface area contributed by atoms with Crippen molar-refractivity contribution in [2.75, 3.05) is 13.1 Å². The van der Waals surface area contributed by atoms with Crippen LogP contribution in [0.15, 0.2) is 30.3 Å². The maximum atomic E-state index is 12.9. The smallest absolute Gasteiger partial charge is 0.284 e. The van der Waals surface area contributed by atoms with E-state index in [1.165, 1.54) is 9.36 Å². The molecule has 1 atom stereocenters. The van der Waals surface area contributed by atoms with Gasteiger partial charge in [0.1, 0.15) is 0 Å². The lowest BCUT2D eigenvalue weighted by Crippen LogP contribution is -2.42. The van der Waals surface area contributed by atoms with E-state index in [0.717, 1.165) is 5.69 Å². The van der Waals surface area contributed by atoms with Crippen molar-refractivity contribution in [1.82, 2.24) is 24.7 Å². The maximum Gasteiger partial charge on any atom is 0.393 e. The topological polar surface area (TPSA) is 38.9 Å². The largest absolute Gasteiger partial charge is 0.393 e. The minimum atomic E-state index is -4.15. The van der Waals surface area contributed by atoms with Crippen molar-refractivity contribution in [2.45, 2.75) is 25.7 Å². The van der Waals surface area contributed by atoms with E-state index in [1.807, 2.05) is 30.3 Å². The fourth-order valence-electron chi connectivity index (χ4n) is 2.73. The van der Waals surface area contributed by atoms with E-state index in [0.29, 0.717) is 17.7 Å². The summed E-state index contributed by atoms with van der Waals surface area (Å²) in [6.45, 7) is 0.800. The molecule has 1 aliphatic heterocycles. The van der Waals surface area contributed by atoms with E-state index in [4.69, 9.17) is 12.2 Å². The van der Waals surface area contributed by atoms with Crippen LogP contribution in [0.3, 0.4) is 0 Å². The SMILES string of the molecule is FC(F)(F)C1CCCN(Cn2nnn(-c3ccccc3)c2=S)C1. The summed E-state index contributed by atoms with van der Waals surface area (Å²) in [6.07, 6.45) is -3.45. The van der Waals surface area contributed by atoms with Gasteiger partial charge in [0.05, 0.1) is 18.3 Å². The number of rotatable bonds is 3. The number of hydrogen-bond donors (Lipinski definition) is 0. The number of tetrazole rings is 1. The van der Waals surface area contributed by atoms with Crippen LogP contribution in [-0.2, 0) is 6.67 Å². The standard InChI is InChI=1S/C14H16F3N5S/c15-14(16,17)11-5-4-8-20(9-11)10-21-13(23)22(19-18-21)12-6-2-1-3-7-12/h1-3,6-7,11H,4-5,8-10H2. The molecule has 9 heteroatoms. The number of alkyl halides is 3. The Morgan fingerprint density at radius 1 is 1.17 bits per heavy atom. The molecule has 0 amide bonds. The van der Waals surface area contributed by atoms with Crippen LogP contribution in [-0.4, -0.2) is 44.0 Å². The molecule has 3 rings (SSSR count). The third-order valence-electron chi connectivity index (χ3n) is 3.94. The second kappa shape index (κ2) is 6.40. The van der Waals surface area contributed by atoms with Crippen molar-refractivity contribution in [2.24, 2.45) is 5.92 Å². The zero-order valence-corrected chi connectivity index (χ0v) is 13.1. The summed E-state index contributed by atoms with van der Waals surface area (Å²) in [5.74, 6) is -1.28. The highest BCUT2D eigenvalue weighted by atomic mass is 32.1. The van der Waals surface area contributed by atoms with Crippen LogP contribution in [0.25, 0.3) is 5.69 Å². The molecule has 2 heterocycles. The van der Waals surface area contributed by atoms with Gasteiger partial charge < -0.3 is 0 Å². The van der Waals surface area contributed by atoms with Gasteiger partial charge >= 0.3 is 6.18 Å². The summed E-state index contributed by atoms with van der Waals surface area (Å²) in [5.41, 5.74) is 0.774. The van der Waals surface area contributed by atoms with E-state index in [9.17, 15) is 13.2 Å². The lowest BCUT2D eigenvalue weighted by atomic mass is 9.98. The molecular weight excluding hydrogens is 327 g/mol. The predicted molar refractivity (Wildman–Crippen MR) is 80.5 cm³/mol. The van der Waals surface area contributed by atoms with Crippen molar-refractivity contribution < 1.29 is 13.2 Å². The average Bonchev–Trinajstić information content (AvgIpc) is 2.89. The number of hydrogen-bond acceptors (Lipinski definition) is 4. The molecule has 0 saturated carbocycles. The van der Waals surface area contributed by atoms with Crippen LogP contribution in [0, 0.1) is 10.7 Å². The van der Waals surface area contributed by atoms with Crippen LogP contribution in [0.5, 0.6) is 0 Å². The quantitative estimate of drug-likeness (QED) is 0.803. The van der Waals surface area contributed by atoms with Crippen molar-refractivity contribution in [1.29, 1.82) is 0 Å². The fourth-order valence-corrected chi connectivity index (χ4v) is 2.97. The Kier molecular flexibility index (Phi) is 4.49. The summed E-state index contributed by atoms with van der Waals surface area (Å²) in [4.78, 5) is 1.72. The van der Waals surface area contributed by atoms with Gasteiger partial charge in [-0.2, -0.15) is 17.9 Å². The van der Waals surface area contributed by atoms with Crippen LogP contribution in [0.4, 0.5) is 13.2 Å². The van der Waals surface area contributed by atoms with Gasteiger partial charge in [-0.05, 0) is 54.2 Å². The Hall–Kier alpha value is -1.74. The van der Waals surface area contributed by atoms with Crippen molar-refractivity contribution in [3.63, 3.8) is 0 Å². The van der Waals surface area contributed by atoms with Gasteiger partial charge in [0.15, 0.2) is 0 Å². The molecule has 0 aliphatic carbocycles. The van der Waals surface area contributed by atoms with Gasteiger partial charge in [-0.3, -0.25) is 4.90 Å². The molecule has 0 N–H and O–H groups in total. The summed E-state index contributed by atoms with van der Waals surface area (Å²) >= 11 is 5.33. The number of benzene rings is 1. The van der Waals surface area contributed by atoms with Crippen LogP contribution < -0.4 is 0 Å². The second-order valence-corrected chi connectivity index (χ2v) is 5.97. The van der Waals surface area contributed by atoms with Crippen LogP contribution in [0.2, 0.25) is 0 Å². The molecule has 124 valence electrons. The molecule has 1 unspecified atom stereocenters. The number of likely N-dealkylation sites (tertiary alicyclic amines) is 1. The first-order chi connectivity index (χ1) is 10.9. The number of aromatic nitrogens is 4. The Bertz CT molecular complexity index is 709. The molecule has 23 heavy (non-hydrogen) atoms. The molecule has 1 aliphatic rings. The third kappa shape index (κ3) is 3.61. The normalized spacial score (nSPS) is 19.9. The van der Waals surface area contributed by atoms with Crippen molar-refractivity contribution >= 4 is 12.2 Å². The van der Waals surface area contributed by atoms with E-state index in [1.54, 1.807) is 4.90 Å². The molecule has 0 bridgehead atoms. The third-order valence-corrected chi connectivity index (χ3v) is 4.33. The van der Waals surface area contributed by atoms with Crippen molar-refractivity contribution in [3.8, 4) is 5.69 Å². The number of para-hydroxylation sites is 1. The monoisotopic (exact) mass is 343 g/mol. The average molecular weight is 343 g/mol. The Morgan fingerprint density at radius 2 is 1.91 bits per heavy atom. The number of nitrogens with zero attached hydrogens (tertiary/aromatic N) is 5. The zero-order chi connectivity index (χ0) is 16.4. The summed E-state index contributed by atoms with van der Waals surface area (Å²) < 4.78 is 41.9. The minimum Gasteiger partial charge on any atom is -0.284 e. The van der Waals surface area contributed by atoms with Gasteiger partial charge in [0, 0.05) is 6.54 Å². The summed E-state index contributed by atoms with van der Waals surface area (Å²) in [6, 6.07) is 9.27. The van der Waals surface area contributed by atoms with E-state index < -0.39 is 12.1 Å². The molecule has 0 radical (unpaired) electrons. The van der Waals surface area contributed by atoms with Gasteiger partial charge in [-0.1, -0.05) is 18.2 Å². The lowest BCUT2D eigenvalue weighted by Gasteiger charge is -2.33. The second-order valence-electron chi connectivity index (χ2n) is 5.61. The van der Waals surface area contributed by atoms with Crippen LogP contribution >= 0.6 is 12.2 Å². The highest BCUT2D eigenvalue weighted by molar-refractivity contribution is 7.71. The maximum absolute atomic E-state index is 12.9. The first-order valence-corrected chi connectivity index (χ1v) is 7.73. The molecule has 5 nitrogen and oxygen atoms in total. The first kappa shape index (κ1) is 16.1. The van der Waals surface area contributed by atoms with Gasteiger partial charge in [0.2, 0.25) is 4.77 Å². The molecule has 2 aromatic rings. The van der Waals surface area contributed by atoms with Crippen LogP contribution in [0.1, 0.15) is 12.8 Å². The molecule has 1 aromatic carbocycles. The van der Waals surface area contributed by atoms with Gasteiger partial charge in [0.25, 0.3) is 0 Å². The first-order valence-electron chi connectivity index (χ1n) is 7.32. The zero-order valence-electron chi connectivity index (χ0n) is 12.3. The number of halogens is 3. The highest BCUT2D eigenvalue weighted by Gasteiger charge is 2.41. The highest BCUT2D eigenvalue weighted by Crippen LogP contribution is 2.33. The molecule has 0 spiro atoms. The lowest BCUT2D eigenvalue weighted by molar-refractivity contribution is -0.188. The van der Waals surface area contributed by atoms with Crippen molar-refractivity contribution in [3.05, 3.63) is 35.1 Å². The van der Waals surface area contributed by atoms with Gasteiger partial charge in [-0.15, -0.1) is 0 Å². The van der Waals surface area contributed by atoms with Gasteiger partial charge in [-0.25, -0.2) is 4.68 Å². The van der Waals surface area contributed by atoms with E-state index >= 15 is 0 Å². The molecule has 1 aromatic heterocycles. The molecule has 1 saturated heterocycles. The predicted octanol–water partition coefficient (Wildman–Crippen LogP) is 3.03. The number of piperidine rings is 1. The molecule has 1 fully saturated rings.